The Morgan fingerprint density at radius 2 is 1.79 bits per heavy atom. The number of nitrogens with zero attached hydrogens (tertiary/aromatic N) is 3. The maximum absolute atomic E-state index is 13.4. The molecule has 0 saturated carbocycles. The number of piperidine rings is 1. The van der Waals surface area contributed by atoms with Gasteiger partial charge in [-0.3, -0.25) is 14.2 Å². The molecule has 0 unspecified atom stereocenters. The van der Waals surface area contributed by atoms with Crippen molar-refractivity contribution in [3.8, 4) is 0 Å². The quantitative estimate of drug-likeness (QED) is 0.676. The first-order valence-corrected chi connectivity index (χ1v) is 10.3. The Hall–Kier alpha value is -2.95. The molecule has 1 amide bonds. The van der Waals surface area contributed by atoms with Crippen LogP contribution in [0, 0.1) is 6.92 Å². The molecule has 29 heavy (non-hydrogen) atoms. The molecule has 5 nitrogen and oxygen atoms in total. The monoisotopic (exact) mass is 389 g/mol. The van der Waals surface area contributed by atoms with Crippen LogP contribution in [0.5, 0.6) is 0 Å². The standard InChI is InChI=1S/C24H27N3O2/c1-16-9-11-19(12-10-16)15-26-22-20(8-5-13-25-22)14-21(23(26)28)24(29)27-17(2)6-4-7-18(27)3/h5,8-14,17-18H,4,6-7,15H2,1-3H3/t17-,18-/m0/s1. The molecule has 0 N–H and O–H groups in total. The van der Waals surface area contributed by atoms with Gasteiger partial charge >= 0.3 is 0 Å². The summed E-state index contributed by atoms with van der Waals surface area (Å²) in [5.74, 6) is -0.168. The molecule has 1 fully saturated rings. The molecule has 0 aliphatic carbocycles. The Morgan fingerprint density at radius 3 is 2.48 bits per heavy atom. The molecule has 3 heterocycles. The Kier molecular flexibility index (Phi) is 5.22. The molecule has 1 aromatic carbocycles. The average Bonchev–Trinajstić information content (AvgIpc) is 2.71. The van der Waals surface area contributed by atoms with Crippen LogP contribution >= 0.6 is 0 Å². The largest absolute Gasteiger partial charge is 0.333 e. The molecule has 3 aromatic rings. The topological polar surface area (TPSA) is 55.2 Å². The summed E-state index contributed by atoms with van der Waals surface area (Å²) >= 11 is 0. The normalized spacial score (nSPS) is 19.5. The number of likely N-dealkylation sites (tertiary alicyclic amines) is 1. The van der Waals surface area contributed by atoms with Crippen molar-refractivity contribution in [2.75, 3.05) is 0 Å². The minimum atomic E-state index is -0.272. The lowest BCUT2D eigenvalue weighted by molar-refractivity contribution is 0.0508. The van der Waals surface area contributed by atoms with E-state index in [1.165, 1.54) is 5.56 Å². The molecule has 0 bridgehead atoms. The maximum atomic E-state index is 13.4. The van der Waals surface area contributed by atoms with Crippen LogP contribution in [-0.4, -0.2) is 32.4 Å². The molecule has 1 aliphatic rings. The fourth-order valence-corrected chi connectivity index (χ4v) is 4.34. The number of hydrogen-bond acceptors (Lipinski definition) is 3. The third kappa shape index (κ3) is 3.69. The number of pyridine rings is 2. The first-order valence-electron chi connectivity index (χ1n) is 10.3. The van der Waals surface area contributed by atoms with E-state index in [2.05, 4.69) is 18.8 Å². The lowest BCUT2D eigenvalue weighted by Gasteiger charge is -2.39. The Bertz CT molecular complexity index is 1090. The zero-order chi connectivity index (χ0) is 20.5. The van der Waals surface area contributed by atoms with Crippen LogP contribution in [0.3, 0.4) is 0 Å². The van der Waals surface area contributed by atoms with Crippen molar-refractivity contribution >= 4 is 16.9 Å². The molecular formula is C24H27N3O2. The minimum absolute atomic E-state index is 0.140. The van der Waals surface area contributed by atoms with E-state index in [9.17, 15) is 9.59 Å². The fraction of sp³-hybridized carbons (Fsp3) is 0.375. The highest BCUT2D eigenvalue weighted by molar-refractivity contribution is 5.97. The predicted molar refractivity (Wildman–Crippen MR) is 115 cm³/mol. The highest BCUT2D eigenvalue weighted by Crippen LogP contribution is 2.25. The van der Waals surface area contributed by atoms with Crippen molar-refractivity contribution in [3.05, 3.63) is 75.7 Å². The predicted octanol–water partition coefficient (Wildman–Crippen LogP) is 4.16. The number of rotatable bonds is 3. The number of benzene rings is 1. The summed E-state index contributed by atoms with van der Waals surface area (Å²) in [4.78, 5) is 33.2. The zero-order valence-electron chi connectivity index (χ0n) is 17.3. The lowest BCUT2D eigenvalue weighted by atomic mass is 9.96. The van der Waals surface area contributed by atoms with Gasteiger partial charge in [-0.25, -0.2) is 4.98 Å². The van der Waals surface area contributed by atoms with Crippen LogP contribution in [0.25, 0.3) is 11.0 Å². The van der Waals surface area contributed by atoms with Gasteiger partial charge < -0.3 is 4.90 Å². The number of carbonyl (C=O) groups is 1. The fourth-order valence-electron chi connectivity index (χ4n) is 4.34. The second kappa shape index (κ2) is 7.82. The Morgan fingerprint density at radius 1 is 1.10 bits per heavy atom. The number of hydrogen-bond donors (Lipinski definition) is 0. The van der Waals surface area contributed by atoms with Gasteiger partial charge in [0, 0.05) is 23.7 Å². The summed E-state index contributed by atoms with van der Waals surface area (Å²) in [7, 11) is 0. The van der Waals surface area contributed by atoms with Crippen LogP contribution in [-0.2, 0) is 6.54 Å². The molecular weight excluding hydrogens is 362 g/mol. The van der Waals surface area contributed by atoms with Crippen molar-refractivity contribution < 1.29 is 4.79 Å². The first-order chi connectivity index (χ1) is 14.0. The van der Waals surface area contributed by atoms with Crippen LogP contribution in [0.1, 0.15) is 54.6 Å². The molecule has 0 radical (unpaired) electrons. The molecule has 1 saturated heterocycles. The van der Waals surface area contributed by atoms with Gasteiger partial charge in [-0.15, -0.1) is 0 Å². The van der Waals surface area contributed by atoms with E-state index in [1.54, 1.807) is 16.8 Å². The molecule has 0 spiro atoms. The second-order valence-electron chi connectivity index (χ2n) is 8.19. The molecule has 2 atom stereocenters. The summed E-state index contributed by atoms with van der Waals surface area (Å²) in [5, 5.41) is 0.805. The minimum Gasteiger partial charge on any atom is -0.333 e. The van der Waals surface area contributed by atoms with Crippen LogP contribution in [0.15, 0.2) is 53.5 Å². The number of aryl methyl sites for hydroxylation is 1. The van der Waals surface area contributed by atoms with E-state index >= 15 is 0 Å². The summed E-state index contributed by atoms with van der Waals surface area (Å²) in [6, 6.07) is 13.8. The van der Waals surface area contributed by atoms with Gasteiger partial charge in [0.25, 0.3) is 11.5 Å². The Balaban J connectivity index is 1.83. The van der Waals surface area contributed by atoms with E-state index in [4.69, 9.17) is 0 Å². The van der Waals surface area contributed by atoms with E-state index in [0.717, 1.165) is 30.2 Å². The van der Waals surface area contributed by atoms with Crippen molar-refractivity contribution in [2.45, 2.75) is 58.7 Å². The van der Waals surface area contributed by atoms with Crippen molar-refractivity contribution in [2.24, 2.45) is 0 Å². The van der Waals surface area contributed by atoms with Gasteiger partial charge in [0.05, 0.1) is 6.54 Å². The van der Waals surface area contributed by atoms with E-state index in [0.29, 0.717) is 12.2 Å². The second-order valence-corrected chi connectivity index (χ2v) is 8.19. The number of carbonyl (C=O) groups excluding carboxylic acids is 1. The molecule has 1 aliphatic heterocycles. The van der Waals surface area contributed by atoms with Crippen LogP contribution in [0.2, 0.25) is 0 Å². The van der Waals surface area contributed by atoms with Crippen molar-refractivity contribution in [1.29, 1.82) is 0 Å². The smallest absolute Gasteiger partial charge is 0.265 e. The summed E-state index contributed by atoms with van der Waals surface area (Å²) in [6.45, 7) is 6.56. The van der Waals surface area contributed by atoms with Gasteiger partial charge in [0.1, 0.15) is 11.2 Å². The number of fused-ring (bicyclic) bond motifs is 1. The third-order valence-corrected chi connectivity index (χ3v) is 5.97. The van der Waals surface area contributed by atoms with Gasteiger partial charge in [-0.2, -0.15) is 0 Å². The average molecular weight is 389 g/mol. The molecule has 4 rings (SSSR count). The number of amides is 1. The van der Waals surface area contributed by atoms with Gasteiger partial charge in [0.2, 0.25) is 0 Å². The zero-order valence-corrected chi connectivity index (χ0v) is 17.3. The van der Waals surface area contributed by atoms with E-state index < -0.39 is 0 Å². The van der Waals surface area contributed by atoms with E-state index in [1.807, 2.05) is 48.2 Å². The lowest BCUT2D eigenvalue weighted by Crippen LogP contribution is -2.49. The van der Waals surface area contributed by atoms with Crippen LogP contribution in [0.4, 0.5) is 0 Å². The van der Waals surface area contributed by atoms with Gasteiger partial charge in [-0.05, 0) is 63.8 Å². The summed E-state index contributed by atoms with van der Waals surface area (Å²) in [5.41, 5.74) is 2.74. The Labute approximate surface area is 171 Å². The molecule has 150 valence electrons. The third-order valence-electron chi connectivity index (χ3n) is 5.97. The van der Waals surface area contributed by atoms with Crippen molar-refractivity contribution in [1.82, 2.24) is 14.5 Å². The highest BCUT2D eigenvalue weighted by Gasteiger charge is 2.31. The molecule has 2 aromatic heterocycles. The van der Waals surface area contributed by atoms with Crippen LogP contribution < -0.4 is 5.56 Å². The van der Waals surface area contributed by atoms with Gasteiger partial charge in [-0.1, -0.05) is 29.8 Å². The molecule has 5 heteroatoms. The van der Waals surface area contributed by atoms with E-state index in [-0.39, 0.29) is 29.1 Å². The highest BCUT2D eigenvalue weighted by atomic mass is 16.2. The first kappa shape index (κ1) is 19.4. The maximum Gasteiger partial charge on any atom is 0.265 e. The van der Waals surface area contributed by atoms with Crippen molar-refractivity contribution in [3.63, 3.8) is 0 Å². The SMILES string of the molecule is Cc1ccc(Cn2c(=O)c(C(=O)N3[C@@H](C)CCC[C@@H]3C)cc3cccnc32)cc1. The summed E-state index contributed by atoms with van der Waals surface area (Å²) in [6.07, 6.45) is 4.75. The summed E-state index contributed by atoms with van der Waals surface area (Å²) < 4.78 is 1.63. The number of aromatic nitrogens is 2. The van der Waals surface area contributed by atoms with Gasteiger partial charge in [0.15, 0.2) is 0 Å².